The molecule has 40 heavy (non-hydrogen) atoms. The SMILES string of the molecule is COc1ccc(N(CC(=O)N(Cc2ccccc2C)[C@H](C)C(=O)NC(C)C)S(=O)(=O)c2ccc(C)cc2)cc1Cl. The molecule has 0 unspecified atom stereocenters. The molecular formula is C30H36ClN3O5S. The largest absolute Gasteiger partial charge is 0.495 e. The summed E-state index contributed by atoms with van der Waals surface area (Å²) < 4.78 is 34.1. The number of aryl methyl sites for hydroxylation is 2. The van der Waals surface area contributed by atoms with Crippen molar-refractivity contribution in [1.29, 1.82) is 0 Å². The summed E-state index contributed by atoms with van der Waals surface area (Å²) in [6.45, 7) is 8.65. The summed E-state index contributed by atoms with van der Waals surface area (Å²) in [5, 5.41) is 3.04. The number of benzene rings is 3. The van der Waals surface area contributed by atoms with Crippen LogP contribution >= 0.6 is 11.6 Å². The molecule has 8 nitrogen and oxygen atoms in total. The van der Waals surface area contributed by atoms with Crippen molar-refractivity contribution in [3.63, 3.8) is 0 Å². The first kappa shape index (κ1) is 31.0. The van der Waals surface area contributed by atoms with Crippen molar-refractivity contribution in [3.05, 3.63) is 88.4 Å². The smallest absolute Gasteiger partial charge is 0.264 e. The molecule has 0 saturated carbocycles. The van der Waals surface area contributed by atoms with Crippen molar-refractivity contribution in [2.75, 3.05) is 18.0 Å². The van der Waals surface area contributed by atoms with Crippen molar-refractivity contribution < 1.29 is 22.7 Å². The topological polar surface area (TPSA) is 96.0 Å². The zero-order valence-corrected chi connectivity index (χ0v) is 25.2. The number of nitrogens with one attached hydrogen (secondary N) is 1. The molecule has 0 heterocycles. The van der Waals surface area contributed by atoms with Crippen LogP contribution in [0.5, 0.6) is 5.75 Å². The van der Waals surface area contributed by atoms with Gasteiger partial charge in [0, 0.05) is 12.6 Å². The van der Waals surface area contributed by atoms with Crippen LogP contribution in [0.4, 0.5) is 5.69 Å². The molecule has 2 amide bonds. The van der Waals surface area contributed by atoms with Crippen LogP contribution in [0.3, 0.4) is 0 Å². The quantitative estimate of drug-likeness (QED) is 0.338. The van der Waals surface area contributed by atoms with Gasteiger partial charge in [0.2, 0.25) is 11.8 Å². The lowest BCUT2D eigenvalue weighted by molar-refractivity contribution is -0.139. The molecule has 0 saturated heterocycles. The minimum Gasteiger partial charge on any atom is -0.495 e. The zero-order valence-electron chi connectivity index (χ0n) is 23.6. The second-order valence-electron chi connectivity index (χ2n) is 9.93. The maximum atomic E-state index is 14.0. The van der Waals surface area contributed by atoms with E-state index in [1.54, 1.807) is 25.1 Å². The number of halogens is 1. The first-order valence-electron chi connectivity index (χ1n) is 12.9. The van der Waals surface area contributed by atoms with E-state index in [1.165, 1.54) is 36.3 Å². The lowest BCUT2D eigenvalue weighted by atomic mass is 10.1. The molecule has 3 aromatic rings. The van der Waals surface area contributed by atoms with Crippen LogP contribution < -0.4 is 14.4 Å². The van der Waals surface area contributed by atoms with Crippen LogP contribution in [0.25, 0.3) is 0 Å². The highest BCUT2D eigenvalue weighted by molar-refractivity contribution is 7.92. The molecule has 0 aliphatic carbocycles. The molecule has 1 N–H and O–H groups in total. The Bertz CT molecular complexity index is 1460. The standard InChI is InChI=1S/C30H36ClN3O5S/c1-20(2)32-30(36)23(5)33(18-24-10-8-7-9-22(24)4)29(35)19-34(25-13-16-28(39-6)27(31)17-25)40(37,38)26-14-11-21(3)12-15-26/h7-17,20,23H,18-19H2,1-6H3,(H,32,36)/t23-/m1/s1. The second kappa shape index (κ2) is 13.2. The van der Waals surface area contributed by atoms with E-state index in [1.807, 2.05) is 52.0 Å². The van der Waals surface area contributed by atoms with Gasteiger partial charge in [0.25, 0.3) is 10.0 Å². The Labute approximate surface area is 241 Å². The van der Waals surface area contributed by atoms with E-state index in [4.69, 9.17) is 16.3 Å². The van der Waals surface area contributed by atoms with Crippen LogP contribution in [-0.4, -0.2) is 50.9 Å². The number of ether oxygens (including phenoxy) is 1. The van der Waals surface area contributed by atoms with E-state index in [2.05, 4.69) is 5.32 Å². The maximum absolute atomic E-state index is 14.0. The average molecular weight is 586 g/mol. The Morgan fingerprint density at radius 1 is 0.975 bits per heavy atom. The number of anilines is 1. The molecule has 10 heteroatoms. The highest BCUT2D eigenvalue weighted by atomic mass is 35.5. The molecule has 3 rings (SSSR count). The summed E-state index contributed by atoms with van der Waals surface area (Å²) >= 11 is 6.36. The molecule has 3 aromatic carbocycles. The van der Waals surface area contributed by atoms with E-state index >= 15 is 0 Å². The minimum atomic E-state index is -4.20. The van der Waals surface area contributed by atoms with Gasteiger partial charge in [0.05, 0.1) is 22.7 Å². The third kappa shape index (κ3) is 7.34. The van der Waals surface area contributed by atoms with Gasteiger partial charge in [-0.2, -0.15) is 0 Å². The minimum absolute atomic E-state index is 0.0221. The first-order chi connectivity index (χ1) is 18.8. The molecule has 0 radical (unpaired) electrons. The van der Waals surface area contributed by atoms with E-state index in [0.29, 0.717) is 5.75 Å². The van der Waals surface area contributed by atoms with Crippen molar-refractivity contribution >= 4 is 39.1 Å². The van der Waals surface area contributed by atoms with Crippen molar-refractivity contribution in [2.24, 2.45) is 0 Å². The van der Waals surface area contributed by atoms with Crippen LogP contribution in [0, 0.1) is 13.8 Å². The Kier molecular flexibility index (Phi) is 10.2. The van der Waals surface area contributed by atoms with Gasteiger partial charge in [-0.1, -0.05) is 53.6 Å². The third-order valence-corrected chi connectivity index (χ3v) is 8.59. The summed E-state index contributed by atoms with van der Waals surface area (Å²) in [4.78, 5) is 28.5. The van der Waals surface area contributed by atoms with Gasteiger partial charge < -0.3 is 15.0 Å². The summed E-state index contributed by atoms with van der Waals surface area (Å²) in [5.41, 5.74) is 2.88. The Hall–Kier alpha value is -3.56. The van der Waals surface area contributed by atoms with E-state index < -0.39 is 28.5 Å². The average Bonchev–Trinajstić information content (AvgIpc) is 2.90. The number of rotatable bonds is 11. The lowest BCUT2D eigenvalue weighted by Gasteiger charge is -2.32. The van der Waals surface area contributed by atoms with Gasteiger partial charge in [0.1, 0.15) is 18.3 Å². The summed E-state index contributed by atoms with van der Waals surface area (Å²) in [7, 11) is -2.74. The highest BCUT2D eigenvalue weighted by Crippen LogP contribution is 2.32. The fourth-order valence-electron chi connectivity index (χ4n) is 4.14. The first-order valence-corrected chi connectivity index (χ1v) is 14.7. The summed E-state index contributed by atoms with van der Waals surface area (Å²) in [6.07, 6.45) is 0. The lowest BCUT2D eigenvalue weighted by Crippen LogP contribution is -2.52. The molecule has 0 spiro atoms. The Morgan fingerprint density at radius 2 is 1.62 bits per heavy atom. The summed E-state index contributed by atoms with van der Waals surface area (Å²) in [5.74, 6) is -0.515. The van der Waals surface area contributed by atoms with E-state index in [-0.39, 0.29) is 34.1 Å². The number of carbonyl (C=O) groups is 2. The van der Waals surface area contributed by atoms with Gasteiger partial charge in [-0.15, -0.1) is 0 Å². The highest BCUT2D eigenvalue weighted by Gasteiger charge is 2.33. The predicted molar refractivity (Wildman–Crippen MR) is 158 cm³/mol. The monoisotopic (exact) mass is 585 g/mol. The van der Waals surface area contributed by atoms with Gasteiger partial charge in [-0.25, -0.2) is 8.42 Å². The van der Waals surface area contributed by atoms with E-state index in [0.717, 1.165) is 21.0 Å². The molecular weight excluding hydrogens is 550 g/mol. The number of methoxy groups -OCH3 is 1. The molecule has 214 valence electrons. The number of hydrogen-bond donors (Lipinski definition) is 1. The van der Waals surface area contributed by atoms with Crippen LogP contribution in [0.1, 0.15) is 37.5 Å². The number of amides is 2. The Morgan fingerprint density at radius 3 is 2.20 bits per heavy atom. The van der Waals surface area contributed by atoms with E-state index in [9.17, 15) is 18.0 Å². The molecule has 0 fully saturated rings. The van der Waals surface area contributed by atoms with Crippen LogP contribution in [0.15, 0.2) is 71.6 Å². The third-order valence-electron chi connectivity index (χ3n) is 6.51. The molecule has 0 aromatic heterocycles. The number of sulfonamides is 1. The molecule has 0 aliphatic rings. The summed E-state index contributed by atoms with van der Waals surface area (Å²) in [6, 6.07) is 17.5. The normalized spacial score (nSPS) is 12.1. The Balaban J connectivity index is 2.08. The van der Waals surface area contributed by atoms with Gasteiger partial charge in [0.15, 0.2) is 0 Å². The van der Waals surface area contributed by atoms with Crippen LogP contribution in [0.2, 0.25) is 5.02 Å². The van der Waals surface area contributed by atoms with Gasteiger partial charge in [-0.05, 0) is 76.1 Å². The second-order valence-corrected chi connectivity index (χ2v) is 12.2. The van der Waals surface area contributed by atoms with Gasteiger partial charge in [-0.3, -0.25) is 13.9 Å². The van der Waals surface area contributed by atoms with Crippen molar-refractivity contribution in [3.8, 4) is 5.75 Å². The number of hydrogen-bond acceptors (Lipinski definition) is 5. The van der Waals surface area contributed by atoms with Gasteiger partial charge >= 0.3 is 0 Å². The van der Waals surface area contributed by atoms with Crippen molar-refractivity contribution in [1.82, 2.24) is 10.2 Å². The fourth-order valence-corrected chi connectivity index (χ4v) is 5.79. The molecule has 0 aliphatic heterocycles. The van der Waals surface area contributed by atoms with Crippen LogP contribution in [-0.2, 0) is 26.2 Å². The zero-order chi connectivity index (χ0) is 29.6. The number of carbonyl (C=O) groups excluding carboxylic acids is 2. The fraction of sp³-hybridized carbons (Fsp3) is 0.333. The maximum Gasteiger partial charge on any atom is 0.264 e. The molecule has 1 atom stereocenters. The predicted octanol–water partition coefficient (Wildman–Crippen LogP) is 5.10. The van der Waals surface area contributed by atoms with Crippen molar-refractivity contribution in [2.45, 2.75) is 58.1 Å². The molecule has 0 bridgehead atoms. The number of nitrogens with zero attached hydrogens (tertiary/aromatic N) is 2.